The molecular weight excluding hydrogens is 150 g/mol. The fourth-order valence-corrected chi connectivity index (χ4v) is 1.03. The minimum absolute atomic E-state index is 0.501. The van der Waals surface area contributed by atoms with Crippen molar-refractivity contribution in [3.05, 3.63) is 36.3 Å². The van der Waals surface area contributed by atoms with E-state index in [1.165, 1.54) is 6.20 Å². The summed E-state index contributed by atoms with van der Waals surface area (Å²) in [4.78, 5) is 3.91. The molecule has 2 N–H and O–H groups in total. The van der Waals surface area contributed by atoms with Crippen molar-refractivity contribution >= 4 is 5.84 Å². The van der Waals surface area contributed by atoms with Crippen molar-refractivity contribution in [3.63, 3.8) is 0 Å². The summed E-state index contributed by atoms with van der Waals surface area (Å²) < 4.78 is 1.99. The van der Waals surface area contributed by atoms with Gasteiger partial charge in [0.05, 0.1) is 5.69 Å². The summed E-state index contributed by atoms with van der Waals surface area (Å²) in [6.45, 7) is 5.50. The number of aryl methyl sites for hydroxylation is 1. The van der Waals surface area contributed by atoms with Crippen molar-refractivity contribution < 1.29 is 0 Å². The van der Waals surface area contributed by atoms with Crippen LogP contribution in [-0.4, -0.2) is 10.4 Å². The highest BCUT2D eigenvalue weighted by atomic mass is 15.0. The zero-order valence-electron chi connectivity index (χ0n) is 7.41. The number of nitrogens with two attached hydrogens (primary N) is 1. The number of amidine groups is 1. The average Bonchev–Trinajstić information content (AvgIpc) is 2.34. The lowest BCUT2D eigenvalue weighted by Crippen LogP contribution is -2.16. The lowest BCUT2D eigenvalue weighted by Gasteiger charge is -2.02. The molecular formula is C9H13N3. The van der Waals surface area contributed by atoms with Crippen molar-refractivity contribution in [1.29, 1.82) is 0 Å². The summed E-state index contributed by atoms with van der Waals surface area (Å²) in [5.74, 6) is 0.501. The van der Waals surface area contributed by atoms with Crippen molar-refractivity contribution in [2.45, 2.75) is 6.92 Å². The van der Waals surface area contributed by atoms with Gasteiger partial charge in [0.1, 0.15) is 5.84 Å². The van der Waals surface area contributed by atoms with Crippen LogP contribution in [0.2, 0.25) is 0 Å². The van der Waals surface area contributed by atoms with E-state index in [0.29, 0.717) is 5.84 Å². The van der Waals surface area contributed by atoms with Crippen molar-refractivity contribution in [2.24, 2.45) is 17.8 Å². The van der Waals surface area contributed by atoms with Crippen LogP contribution in [-0.2, 0) is 7.05 Å². The van der Waals surface area contributed by atoms with Crippen molar-refractivity contribution in [1.82, 2.24) is 4.57 Å². The number of hydrogen-bond donors (Lipinski definition) is 1. The summed E-state index contributed by atoms with van der Waals surface area (Å²) in [5, 5.41) is 0. The van der Waals surface area contributed by atoms with Gasteiger partial charge < -0.3 is 10.3 Å². The van der Waals surface area contributed by atoms with Gasteiger partial charge in [-0.1, -0.05) is 6.58 Å². The molecule has 0 aromatic carbocycles. The summed E-state index contributed by atoms with van der Waals surface area (Å²) in [5.41, 5.74) is 7.76. The molecule has 0 bridgehead atoms. The maximum atomic E-state index is 5.68. The molecule has 0 aliphatic rings. The molecule has 0 atom stereocenters. The Morgan fingerprint density at radius 2 is 2.33 bits per heavy atom. The molecule has 3 heteroatoms. The van der Waals surface area contributed by atoms with E-state index in [1.807, 2.05) is 30.7 Å². The second-order valence-electron chi connectivity index (χ2n) is 2.62. The first-order valence-electron chi connectivity index (χ1n) is 3.73. The van der Waals surface area contributed by atoms with Crippen LogP contribution < -0.4 is 5.73 Å². The Kier molecular flexibility index (Phi) is 2.33. The third-order valence-corrected chi connectivity index (χ3v) is 1.87. The van der Waals surface area contributed by atoms with E-state index >= 15 is 0 Å². The van der Waals surface area contributed by atoms with E-state index in [4.69, 9.17) is 5.73 Å². The van der Waals surface area contributed by atoms with Gasteiger partial charge in [0.25, 0.3) is 0 Å². The van der Waals surface area contributed by atoms with Crippen LogP contribution in [0.1, 0.15) is 11.4 Å². The Morgan fingerprint density at radius 1 is 1.67 bits per heavy atom. The Labute approximate surface area is 72.2 Å². The fraction of sp³-hybridized carbons (Fsp3) is 0.222. The number of nitrogens with zero attached hydrogens (tertiary/aromatic N) is 2. The van der Waals surface area contributed by atoms with Gasteiger partial charge in [-0.15, -0.1) is 0 Å². The summed E-state index contributed by atoms with van der Waals surface area (Å²) in [6.07, 6.45) is 1.44. The first-order chi connectivity index (χ1) is 5.66. The van der Waals surface area contributed by atoms with E-state index in [2.05, 4.69) is 11.6 Å². The SMILES string of the molecule is C=CN=C(N)c1ccc(C)n1C. The zero-order valence-corrected chi connectivity index (χ0v) is 7.41. The van der Waals surface area contributed by atoms with Crippen LogP contribution in [0.25, 0.3) is 0 Å². The second-order valence-corrected chi connectivity index (χ2v) is 2.62. The molecule has 0 unspecified atom stereocenters. The lowest BCUT2D eigenvalue weighted by molar-refractivity contribution is 0.869. The molecule has 0 saturated heterocycles. The predicted octanol–water partition coefficient (Wildman–Crippen LogP) is 1.18. The molecule has 1 rings (SSSR count). The van der Waals surface area contributed by atoms with Crippen LogP contribution >= 0.6 is 0 Å². The maximum Gasteiger partial charge on any atom is 0.147 e. The zero-order chi connectivity index (χ0) is 9.14. The number of aliphatic imine (C=N–C) groups is 1. The number of hydrogen-bond acceptors (Lipinski definition) is 1. The predicted molar refractivity (Wildman–Crippen MR) is 51.1 cm³/mol. The molecule has 0 radical (unpaired) electrons. The third-order valence-electron chi connectivity index (χ3n) is 1.87. The van der Waals surface area contributed by atoms with Gasteiger partial charge in [0.15, 0.2) is 0 Å². The molecule has 0 aliphatic carbocycles. The highest BCUT2D eigenvalue weighted by Crippen LogP contribution is 2.04. The smallest absolute Gasteiger partial charge is 0.147 e. The topological polar surface area (TPSA) is 43.3 Å². The molecule has 1 aromatic heterocycles. The van der Waals surface area contributed by atoms with Crippen molar-refractivity contribution in [3.8, 4) is 0 Å². The Bertz CT molecular complexity index is 321. The Hall–Kier alpha value is -1.51. The van der Waals surface area contributed by atoms with Gasteiger partial charge in [0.2, 0.25) is 0 Å². The molecule has 1 aromatic rings. The van der Waals surface area contributed by atoms with E-state index in [0.717, 1.165) is 11.4 Å². The molecule has 1 heterocycles. The number of aromatic nitrogens is 1. The highest BCUT2D eigenvalue weighted by molar-refractivity contribution is 5.96. The highest BCUT2D eigenvalue weighted by Gasteiger charge is 2.03. The van der Waals surface area contributed by atoms with E-state index < -0.39 is 0 Å². The molecule has 3 nitrogen and oxygen atoms in total. The minimum atomic E-state index is 0.501. The fourth-order valence-electron chi connectivity index (χ4n) is 1.03. The molecule has 0 fully saturated rings. The summed E-state index contributed by atoms with van der Waals surface area (Å²) in [7, 11) is 1.95. The Balaban J connectivity index is 3.11. The standard InChI is InChI=1S/C9H13N3/c1-4-11-9(10)8-6-5-7(2)12(8)3/h4-6H,1H2,2-3H3,(H2,10,11). The van der Waals surface area contributed by atoms with Crippen LogP contribution in [0.15, 0.2) is 29.9 Å². The molecule has 0 amide bonds. The number of rotatable bonds is 2. The first-order valence-corrected chi connectivity index (χ1v) is 3.73. The molecule has 0 saturated carbocycles. The van der Waals surface area contributed by atoms with E-state index in [-0.39, 0.29) is 0 Å². The summed E-state index contributed by atoms with van der Waals surface area (Å²) in [6, 6.07) is 3.94. The van der Waals surface area contributed by atoms with Crippen LogP contribution in [0.4, 0.5) is 0 Å². The quantitative estimate of drug-likeness (QED) is 0.516. The Morgan fingerprint density at radius 3 is 2.75 bits per heavy atom. The van der Waals surface area contributed by atoms with E-state index in [1.54, 1.807) is 0 Å². The van der Waals surface area contributed by atoms with Crippen LogP contribution in [0.5, 0.6) is 0 Å². The van der Waals surface area contributed by atoms with Gasteiger partial charge in [-0.2, -0.15) is 0 Å². The monoisotopic (exact) mass is 163 g/mol. The van der Waals surface area contributed by atoms with Gasteiger partial charge in [-0.25, -0.2) is 4.99 Å². The second kappa shape index (κ2) is 3.26. The van der Waals surface area contributed by atoms with Gasteiger partial charge in [0, 0.05) is 18.9 Å². The van der Waals surface area contributed by atoms with Gasteiger partial charge >= 0.3 is 0 Å². The molecule has 0 aliphatic heterocycles. The minimum Gasteiger partial charge on any atom is -0.382 e. The normalized spacial score (nSPS) is 11.7. The third kappa shape index (κ3) is 1.39. The molecule has 0 spiro atoms. The summed E-state index contributed by atoms with van der Waals surface area (Å²) >= 11 is 0. The van der Waals surface area contributed by atoms with Crippen LogP contribution in [0, 0.1) is 6.92 Å². The molecule has 64 valence electrons. The first kappa shape index (κ1) is 8.59. The maximum absolute atomic E-state index is 5.68. The average molecular weight is 163 g/mol. The van der Waals surface area contributed by atoms with E-state index in [9.17, 15) is 0 Å². The van der Waals surface area contributed by atoms with Gasteiger partial charge in [-0.3, -0.25) is 0 Å². The lowest BCUT2D eigenvalue weighted by atomic mass is 10.4. The van der Waals surface area contributed by atoms with Crippen molar-refractivity contribution in [2.75, 3.05) is 0 Å². The molecule has 12 heavy (non-hydrogen) atoms. The van der Waals surface area contributed by atoms with Crippen LogP contribution in [0.3, 0.4) is 0 Å². The largest absolute Gasteiger partial charge is 0.382 e. The van der Waals surface area contributed by atoms with Gasteiger partial charge in [-0.05, 0) is 19.1 Å².